The molecule has 2 aliphatic carbocycles. The van der Waals surface area contributed by atoms with Crippen molar-refractivity contribution in [1.82, 2.24) is 9.55 Å². The van der Waals surface area contributed by atoms with Crippen molar-refractivity contribution in [1.29, 1.82) is 0 Å². The van der Waals surface area contributed by atoms with Crippen LogP contribution in [0, 0.1) is 5.92 Å². The van der Waals surface area contributed by atoms with Gasteiger partial charge in [-0.3, -0.25) is 0 Å². The largest absolute Gasteiger partial charge is 0.355 e. The molecule has 0 aliphatic heterocycles. The maximum Gasteiger partial charge on any atom is 0.203 e. The van der Waals surface area contributed by atoms with Crippen molar-refractivity contribution >= 4 is 5.95 Å². The predicted molar refractivity (Wildman–Crippen MR) is 70.2 cm³/mol. The van der Waals surface area contributed by atoms with Crippen LogP contribution in [0.3, 0.4) is 0 Å². The van der Waals surface area contributed by atoms with E-state index in [1.807, 2.05) is 6.20 Å². The normalized spacial score (nSPS) is 22.4. The number of aromatic nitrogens is 2. The summed E-state index contributed by atoms with van der Waals surface area (Å²) in [4.78, 5) is 4.47. The van der Waals surface area contributed by atoms with E-state index in [1.54, 1.807) is 0 Å². The maximum absolute atomic E-state index is 4.47. The van der Waals surface area contributed by atoms with Crippen LogP contribution in [-0.4, -0.2) is 16.1 Å². The van der Waals surface area contributed by atoms with E-state index in [4.69, 9.17) is 0 Å². The number of imidazole rings is 1. The van der Waals surface area contributed by atoms with E-state index < -0.39 is 0 Å². The van der Waals surface area contributed by atoms with Crippen molar-refractivity contribution < 1.29 is 0 Å². The molecule has 1 heterocycles. The van der Waals surface area contributed by atoms with Crippen molar-refractivity contribution in [2.24, 2.45) is 5.92 Å². The summed E-state index contributed by atoms with van der Waals surface area (Å²) in [6.07, 6.45) is 15.1. The molecule has 2 aliphatic rings. The minimum absolute atomic E-state index is 0.698. The van der Waals surface area contributed by atoms with Gasteiger partial charge in [-0.25, -0.2) is 4.98 Å². The molecule has 1 N–H and O–H groups in total. The van der Waals surface area contributed by atoms with Crippen molar-refractivity contribution in [3.8, 4) is 0 Å². The molecule has 0 radical (unpaired) electrons. The highest BCUT2D eigenvalue weighted by Gasteiger charge is 2.20. The lowest BCUT2D eigenvalue weighted by molar-refractivity contribution is 0.516. The molecule has 0 saturated heterocycles. The van der Waals surface area contributed by atoms with Gasteiger partial charge in [0.1, 0.15) is 0 Å². The maximum atomic E-state index is 4.47. The quantitative estimate of drug-likeness (QED) is 0.861. The number of anilines is 1. The van der Waals surface area contributed by atoms with Gasteiger partial charge in [0.05, 0.1) is 0 Å². The summed E-state index contributed by atoms with van der Waals surface area (Å²) in [6, 6.07) is 0.698. The topological polar surface area (TPSA) is 29.9 Å². The van der Waals surface area contributed by atoms with Gasteiger partial charge in [0.2, 0.25) is 5.95 Å². The average Bonchev–Trinajstić information content (AvgIpc) is 3.09. The van der Waals surface area contributed by atoms with Gasteiger partial charge in [-0.1, -0.05) is 25.7 Å². The standard InChI is InChI=1S/C14H23N3/c1-2-6-12(5-1)11-16-14-15-9-10-17(14)13-7-3-4-8-13/h9-10,12-13H,1-8,11H2,(H,15,16). The lowest BCUT2D eigenvalue weighted by Crippen LogP contribution is -2.16. The molecule has 3 heteroatoms. The smallest absolute Gasteiger partial charge is 0.203 e. The van der Waals surface area contributed by atoms with Crippen LogP contribution >= 0.6 is 0 Å². The number of nitrogens with one attached hydrogen (secondary N) is 1. The highest BCUT2D eigenvalue weighted by molar-refractivity contribution is 5.27. The first kappa shape index (κ1) is 11.1. The molecule has 3 rings (SSSR count). The summed E-state index contributed by atoms with van der Waals surface area (Å²) in [5.74, 6) is 1.98. The van der Waals surface area contributed by atoms with E-state index in [1.165, 1.54) is 51.4 Å². The first-order valence-corrected chi connectivity index (χ1v) is 7.20. The summed E-state index contributed by atoms with van der Waals surface area (Å²) < 4.78 is 2.36. The first-order valence-electron chi connectivity index (χ1n) is 7.20. The van der Waals surface area contributed by atoms with Gasteiger partial charge in [0.25, 0.3) is 0 Å². The lowest BCUT2D eigenvalue weighted by atomic mass is 10.1. The Bertz CT molecular complexity index is 346. The van der Waals surface area contributed by atoms with Crippen LogP contribution in [0.2, 0.25) is 0 Å². The molecule has 0 aromatic carbocycles. The number of rotatable bonds is 4. The molecule has 1 aromatic heterocycles. The highest BCUT2D eigenvalue weighted by atomic mass is 15.2. The van der Waals surface area contributed by atoms with Crippen LogP contribution in [0.1, 0.15) is 57.4 Å². The Kier molecular flexibility index (Phi) is 3.34. The zero-order valence-corrected chi connectivity index (χ0v) is 10.6. The molecule has 0 unspecified atom stereocenters. The molecular weight excluding hydrogens is 210 g/mol. The second-order valence-electron chi connectivity index (χ2n) is 5.63. The fraction of sp³-hybridized carbons (Fsp3) is 0.786. The van der Waals surface area contributed by atoms with E-state index in [0.29, 0.717) is 6.04 Å². The first-order chi connectivity index (χ1) is 8.43. The fourth-order valence-electron chi connectivity index (χ4n) is 3.38. The van der Waals surface area contributed by atoms with Gasteiger partial charge in [0.15, 0.2) is 0 Å². The van der Waals surface area contributed by atoms with E-state index >= 15 is 0 Å². The Labute approximate surface area is 104 Å². The van der Waals surface area contributed by atoms with Gasteiger partial charge in [-0.15, -0.1) is 0 Å². The van der Waals surface area contributed by atoms with Crippen molar-refractivity contribution in [3.63, 3.8) is 0 Å². The molecular formula is C14H23N3. The number of hydrogen-bond acceptors (Lipinski definition) is 2. The van der Waals surface area contributed by atoms with Crippen molar-refractivity contribution in [3.05, 3.63) is 12.4 Å². The Balaban J connectivity index is 1.60. The van der Waals surface area contributed by atoms with Crippen LogP contribution in [-0.2, 0) is 0 Å². The van der Waals surface area contributed by atoms with Gasteiger partial charge in [-0.2, -0.15) is 0 Å². The Morgan fingerprint density at radius 3 is 2.59 bits per heavy atom. The third kappa shape index (κ3) is 2.48. The molecule has 2 saturated carbocycles. The van der Waals surface area contributed by atoms with Crippen LogP contribution in [0.5, 0.6) is 0 Å². The fourth-order valence-corrected chi connectivity index (χ4v) is 3.38. The average molecular weight is 233 g/mol. The third-order valence-corrected chi connectivity index (χ3v) is 4.41. The minimum Gasteiger partial charge on any atom is -0.355 e. The molecule has 3 nitrogen and oxygen atoms in total. The molecule has 0 amide bonds. The second kappa shape index (κ2) is 5.11. The highest BCUT2D eigenvalue weighted by Crippen LogP contribution is 2.32. The summed E-state index contributed by atoms with van der Waals surface area (Å²) in [6.45, 7) is 1.11. The Morgan fingerprint density at radius 2 is 1.82 bits per heavy atom. The van der Waals surface area contributed by atoms with E-state index in [2.05, 4.69) is 21.1 Å². The van der Waals surface area contributed by atoms with Crippen molar-refractivity contribution in [2.75, 3.05) is 11.9 Å². The van der Waals surface area contributed by atoms with Crippen LogP contribution in [0.4, 0.5) is 5.95 Å². The number of hydrogen-bond donors (Lipinski definition) is 1. The van der Waals surface area contributed by atoms with Gasteiger partial charge in [-0.05, 0) is 31.6 Å². The Hall–Kier alpha value is -0.990. The molecule has 0 spiro atoms. The number of nitrogens with zero attached hydrogens (tertiary/aromatic N) is 2. The monoisotopic (exact) mass is 233 g/mol. The molecule has 94 valence electrons. The van der Waals surface area contributed by atoms with Gasteiger partial charge in [0, 0.05) is 25.0 Å². The van der Waals surface area contributed by atoms with Gasteiger partial charge >= 0.3 is 0 Å². The van der Waals surface area contributed by atoms with E-state index in [-0.39, 0.29) is 0 Å². The summed E-state index contributed by atoms with van der Waals surface area (Å²) >= 11 is 0. The molecule has 0 atom stereocenters. The lowest BCUT2D eigenvalue weighted by Gasteiger charge is -2.17. The summed E-state index contributed by atoms with van der Waals surface area (Å²) in [5, 5.41) is 3.56. The van der Waals surface area contributed by atoms with Crippen LogP contribution in [0.25, 0.3) is 0 Å². The van der Waals surface area contributed by atoms with Gasteiger partial charge < -0.3 is 9.88 Å². The van der Waals surface area contributed by atoms with Crippen molar-refractivity contribution in [2.45, 2.75) is 57.4 Å². The van der Waals surface area contributed by atoms with E-state index in [9.17, 15) is 0 Å². The second-order valence-corrected chi connectivity index (χ2v) is 5.63. The minimum atomic E-state index is 0.698. The summed E-state index contributed by atoms with van der Waals surface area (Å²) in [7, 11) is 0. The molecule has 2 fully saturated rings. The summed E-state index contributed by atoms with van der Waals surface area (Å²) in [5.41, 5.74) is 0. The van der Waals surface area contributed by atoms with Crippen LogP contribution < -0.4 is 5.32 Å². The SMILES string of the molecule is c1cn(C2CCCC2)c(NCC2CCCC2)n1. The molecule has 17 heavy (non-hydrogen) atoms. The zero-order chi connectivity index (χ0) is 11.5. The molecule has 1 aromatic rings. The third-order valence-electron chi connectivity index (χ3n) is 4.41. The van der Waals surface area contributed by atoms with E-state index in [0.717, 1.165) is 18.4 Å². The van der Waals surface area contributed by atoms with Crippen LogP contribution in [0.15, 0.2) is 12.4 Å². The molecule has 0 bridgehead atoms. The Morgan fingerprint density at radius 1 is 1.12 bits per heavy atom. The predicted octanol–water partition coefficient (Wildman–Crippen LogP) is 3.60. The zero-order valence-electron chi connectivity index (χ0n) is 10.6.